The molecule has 1 nitrogen and oxygen atoms in total. The summed E-state index contributed by atoms with van der Waals surface area (Å²) in [4.78, 5) is 4.75. The standard InChI is InChI=1S/C12H11Br2NS/c1-8-2-3-10(15-6-8)5-11(13)9-4-12(14)16-7-9/h2-4,6-7,11H,5H2,1H3. The molecule has 0 bridgehead atoms. The Morgan fingerprint density at radius 3 is 2.81 bits per heavy atom. The van der Waals surface area contributed by atoms with Crippen LogP contribution in [0.1, 0.15) is 21.6 Å². The first-order chi connectivity index (χ1) is 7.65. The second-order valence-corrected chi connectivity index (χ2v) is 7.08. The van der Waals surface area contributed by atoms with Crippen LogP contribution in [0.2, 0.25) is 0 Å². The van der Waals surface area contributed by atoms with Gasteiger partial charge in [0, 0.05) is 23.1 Å². The summed E-state index contributed by atoms with van der Waals surface area (Å²) in [6, 6.07) is 6.34. The van der Waals surface area contributed by atoms with Crippen LogP contribution in [0, 0.1) is 6.92 Å². The lowest BCUT2D eigenvalue weighted by Crippen LogP contribution is -1.96. The molecule has 0 aliphatic rings. The van der Waals surface area contributed by atoms with Crippen molar-refractivity contribution < 1.29 is 0 Å². The Balaban J connectivity index is 2.07. The summed E-state index contributed by atoms with van der Waals surface area (Å²) in [5, 5.41) is 2.16. The number of hydrogen-bond acceptors (Lipinski definition) is 2. The van der Waals surface area contributed by atoms with Gasteiger partial charge in [-0.1, -0.05) is 22.0 Å². The first kappa shape index (κ1) is 12.3. The number of alkyl halides is 1. The molecule has 2 aromatic heterocycles. The fourth-order valence-electron chi connectivity index (χ4n) is 1.41. The predicted molar refractivity (Wildman–Crippen MR) is 76.4 cm³/mol. The minimum Gasteiger partial charge on any atom is -0.261 e. The van der Waals surface area contributed by atoms with Crippen LogP contribution in [0.15, 0.2) is 33.6 Å². The van der Waals surface area contributed by atoms with Gasteiger partial charge in [-0.2, -0.15) is 0 Å². The van der Waals surface area contributed by atoms with Gasteiger partial charge in [-0.3, -0.25) is 4.98 Å². The maximum atomic E-state index is 4.41. The molecule has 0 aromatic carbocycles. The van der Waals surface area contributed by atoms with Gasteiger partial charge in [0.2, 0.25) is 0 Å². The summed E-state index contributed by atoms with van der Waals surface area (Å²) >= 11 is 8.89. The molecule has 2 rings (SSSR count). The first-order valence-corrected chi connectivity index (χ1v) is 7.53. The van der Waals surface area contributed by atoms with Crippen molar-refractivity contribution in [3.63, 3.8) is 0 Å². The second-order valence-electron chi connectivity index (χ2n) is 3.68. The van der Waals surface area contributed by atoms with Crippen molar-refractivity contribution in [2.75, 3.05) is 0 Å². The predicted octanol–water partition coefficient (Wildman–Crippen LogP) is 4.89. The Kier molecular flexibility index (Phi) is 4.16. The van der Waals surface area contributed by atoms with Crippen LogP contribution in [0.4, 0.5) is 0 Å². The van der Waals surface area contributed by atoms with Crippen LogP contribution in [0.3, 0.4) is 0 Å². The number of aromatic nitrogens is 1. The lowest BCUT2D eigenvalue weighted by molar-refractivity contribution is 0.905. The molecular formula is C12H11Br2NS. The molecule has 0 saturated heterocycles. The highest BCUT2D eigenvalue weighted by Crippen LogP contribution is 2.32. The molecule has 0 amide bonds. The normalized spacial score (nSPS) is 12.7. The number of halogens is 2. The van der Waals surface area contributed by atoms with E-state index in [-0.39, 0.29) is 0 Å². The Morgan fingerprint density at radius 2 is 2.25 bits per heavy atom. The average Bonchev–Trinajstić information content (AvgIpc) is 2.68. The molecular weight excluding hydrogens is 350 g/mol. The van der Waals surface area contributed by atoms with E-state index in [1.807, 2.05) is 6.20 Å². The van der Waals surface area contributed by atoms with Crippen molar-refractivity contribution >= 4 is 43.2 Å². The third-order valence-corrected chi connectivity index (χ3v) is 4.69. The molecule has 0 aliphatic carbocycles. The summed E-state index contributed by atoms with van der Waals surface area (Å²) in [5.74, 6) is 0. The van der Waals surface area contributed by atoms with Gasteiger partial charge in [0.25, 0.3) is 0 Å². The molecule has 1 unspecified atom stereocenters. The smallest absolute Gasteiger partial charge is 0.0701 e. The van der Waals surface area contributed by atoms with E-state index in [1.54, 1.807) is 11.3 Å². The number of thiophene rings is 1. The average molecular weight is 361 g/mol. The van der Waals surface area contributed by atoms with Gasteiger partial charge in [-0.15, -0.1) is 11.3 Å². The van der Waals surface area contributed by atoms with Gasteiger partial charge in [-0.25, -0.2) is 0 Å². The fraction of sp³-hybridized carbons (Fsp3) is 0.250. The van der Waals surface area contributed by atoms with Gasteiger partial charge in [-0.05, 0) is 51.5 Å². The van der Waals surface area contributed by atoms with Gasteiger partial charge in [0.15, 0.2) is 0 Å². The van der Waals surface area contributed by atoms with E-state index >= 15 is 0 Å². The maximum Gasteiger partial charge on any atom is 0.0701 e. The van der Waals surface area contributed by atoms with E-state index in [4.69, 9.17) is 0 Å². The molecule has 84 valence electrons. The number of aryl methyl sites for hydroxylation is 1. The molecule has 0 aliphatic heterocycles. The van der Waals surface area contributed by atoms with Crippen molar-refractivity contribution in [3.8, 4) is 0 Å². The van der Waals surface area contributed by atoms with E-state index in [2.05, 4.69) is 67.3 Å². The minimum absolute atomic E-state index is 0.338. The molecule has 1 atom stereocenters. The summed E-state index contributed by atoms with van der Waals surface area (Å²) in [7, 11) is 0. The largest absolute Gasteiger partial charge is 0.261 e. The SMILES string of the molecule is Cc1ccc(CC(Br)c2csc(Br)c2)nc1. The number of hydrogen-bond donors (Lipinski definition) is 0. The molecule has 0 N–H and O–H groups in total. The van der Waals surface area contributed by atoms with Crippen LogP contribution in [0.5, 0.6) is 0 Å². The molecule has 16 heavy (non-hydrogen) atoms. The molecule has 2 heterocycles. The summed E-state index contributed by atoms with van der Waals surface area (Å²) in [5.41, 5.74) is 3.63. The van der Waals surface area contributed by atoms with Crippen LogP contribution >= 0.6 is 43.2 Å². The van der Waals surface area contributed by atoms with E-state index in [0.29, 0.717) is 4.83 Å². The van der Waals surface area contributed by atoms with Crippen molar-refractivity contribution in [2.24, 2.45) is 0 Å². The van der Waals surface area contributed by atoms with Crippen molar-refractivity contribution in [2.45, 2.75) is 18.2 Å². The van der Waals surface area contributed by atoms with Gasteiger partial charge in [0.05, 0.1) is 3.79 Å². The lowest BCUT2D eigenvalue weighted by Gasteiger charge is -2.07. The van der Waals surface area contributed by atoms with Crippen LogP contribution in [0.25, 0.3) is 0 Å². The highest BCUT2D eigenvalue weighted by atomic mass is 79.9. The lowest BCUT2D eigenvalue weighted by atomic mass is 10.1. The van der Waals surface area contributed by atoms with Crippen LogP contribution < -0.4 is 0 Å². The Labute approximate surface area is 116 Å². The Hall–Kier alpha value is -0.190. The summed E-state index contributed by atoms with van der Waals surface area (Å²) in [6.45, 7) is 2.05. The number of pyridine rings is 1. The Bertz CT molecular complexity index is 464. The van der Waals surface area contributed by atoms with Crippen LogP contribution in [-0.4, -0.2) is 4.98 Å². The summed E-state index contributed by atoms with van der Waals surface area (Å²) < 4.78 is 1.17. The van der Waals surface area contributed by atoms with Crippen molar-refractivity contribution in [1.29, 1.82) is 0 Å². The monoisotopic (exact) mass is 359 g/mol. The number of nitrogens with zero attached hydrogens (tertiary/aromatic N) is 1. The van der Waals surface area contributed by atoms with Crippen molar-refractivity contribution in [3.05, 3.63) is 50.4 Å². The molecule has 4 heteroatoms. The third-order valence-electron chi connectivity index (χ3n) is 2.31. The van der Waals surface area contributed by atoms with Gasteiger partial charge < -0.3 is 0 Å². The molecule has 0 spiro atoms. The van der Waals surface area contributed by atoms with E-state index in [9.17, 15) is 0 Å². The second kappa shape index (κ2) is 5.43. The maximum absolute atomic E-state index is 4.41. The zero-order valence-corrected chi connectivity index (χ0v) is 12.8. The highest BCUT2D eigenvalue weighted by Gasteiger charge is 2.10. The van der Waals surface area contributed by atoms with E-state index in [1.165, 1.54) is 14.9 Å². The molecule has 0 saturated carbocycles. The molecule has 2 aromatic rings. The van der Waals surface area contributed by atoms with E-state index < -0.39 is 0 Å². The molecule has 0 fully saturated rings. The van der Waals surface area contributed by atoms with E-state index in [0.717, 1.165) is 12.1 Å². The highest BCUT2D eigenvalue weighted by molar-refractivity contribution is 9.11. The first-order valence-electron chi connectivity index (χ1n) is 4.94. The number of rotatable bonds is 3. The van der Waals surface area contributed by atoms with Crippen LogP contribution in [-0.2, 0) is 6.42 Å². The fourth-order valence-corrected chi connectivity index (χ4v) is 3.41. The zero-order valence-electron chi connectivity index (χ0n) is 8.78. The third kappa shape index (κ3) is 3.15. The topological polar surface area (TPSA) is 12.9 Å². The van der Waals surface area contributed by atoms with Gasteiger partial charge >= 0.3 is 0 Å². The van der Waals surface area contributed by atoms with Gasteiger partial charge in [0.1, 0.15) is 0 Å². The zero-order chi connectivity index (χ0) is 11.5. The summed E-state index contributed by atoms with van der Waals surface area (Å²) in [6.07, 6.45) is 2.84. The van der Waals surface area contributed by atoms with Crippen molar-refractivity contribution in [1.82, 2.24) is 4.98 Å². The quantitative estimate of drug-likeness (QED) is 0.710. The Morgan fingerprint density at radius 1 is 1.44 bits per heavy atom. The minimum atomic E-state index is 0.338. The molecule has 0 radical (unpaired) electrons.